The van der Waals surface area contributed by atoms with Gasteiger partial charge in [0.25, 0.3) is 5.91 Å². The minimum atomic E-state index is -3.35. The van der Waals surface area contributed by atoms with Crippen molar-refractivity contribution in [3.63, 3.8) is 0 Å². The Balaban J connectivity index is 1.47. The standard InChI is InChI=1S/C18H21N3O4S/c22-18(16-6-9-19-25-16)20-10-7-15-13-21(12-14-4-2-1-3-5-14)26(23,24)17(15)8-11-20/h1-6,9,15,17H,7-8,10-13H2/t15-,17+/m0/s1. The van der Waals surface area contributed by atoms with Crippen LogP contribution >= 0.6 is 0 Å². The number of hydrogen-bond donors (Lipinski definition) is 0. The van der Waals surface area contributed by atoms with E-state index in [2.05, 4.69) is 5.16 Å². The summed E-state index contributed by atoms with van der Waals surface area (Å²) in [6.07, 6.45) is 2.57. The third-order valence-corrected chi connectivity index (χ3v) is 7.68. The molecule has 1 aromatic heterocycles. The highest BCUT2D eigenvalue weighted by molar-refractivity contribution is 7.90. The Kier molecular flexibility index (Phi) is 4.54. The number of carbonyl (C=O) groups is 1. The highest BCUT2D eigenvalue weighted by Gasteiger charge is 2.47. The van der Waals surface area contributed by atoms with Crippen LogP contribution in [0.1, 0.15) is 29.0 Å². The fourth-order valence-corrected chi connectivity index (χ4v) is 6.15. The first-order chi connectivity index (χ1) is 12.6. The Morgan fingerprint density at radius 3 is 2.65 bits per heavy atom. The molecule has 2 fully saturated rings. The van der Waals surface area contributed by atoms with Crippen molar-refractivity contribution >= 4 is 15.9 Å². The van der Waals surface area contributed by atoms with Crippen LogP contribution in [0.2, 0.25) is 0 Å². The number of aromatic nitrogens is 1. The number of amides is 1. The van der Waals surface area contributed by atoms with Crippen molar-refractivity contribution in [3.8, 4) is 0 Å². The van der Waals surface area contributed by atoms with E-state index in [0.29, 0.717) is 39.0 Å². The van der Waals surface area contributed by atoms with E-state index in [4.69, 9.17) is 4.52 Å². The smallest absolute Gasteiger partial charge is 0.292 e. The van der Waals surface area contributed by atoms with Gasteiger partial charge in [0.05, 0.1) is 11.4 Å². The molecule has 0 radical (unpaired) electrons. The summed E-state index contributed by atoms with van der Waals surface area (Å²) >= 11 is 0. The molecule has 2 aliphatic rings. The molecule has 1 aromatic carbocycles. The van der Waals surface area contributed by atoms with E-state index >= 15 is 0 Å². The van der Waals surface area contributed by atoms with Gasteiger partial charge in [-0.25, -0.2) is 8.42 Å². The monoisotopic (exact) mass is 375 g/mol. The van der Waals surface area contributed by atoms with Crippen LogP contribution in [0.3, 0.4) is 0 Å². The highest BCUT2D eigenvalue weighted by Crippen LogP contribution is 2.35. The van der Waals surface area contributed by atoms with Crippen LogP contribution in [0, 0.1) is 5.92 Å². The Morgan fingerprint density at radius 2 is 1.92 bits per heavy atom. The second-order valence-electron chi connectivity index (χ2n) is 6.87. The molecule has 26 heavy (non-hydrogen) atoms. The summed E-state index contributed by atoms with van der Waals surface area (Å²) in [7, 11) is -3.35. The van der Waals surface area contributed by atoms with Crippen molar-refractivity contribution in [2.75, 3.05) is 19.6 Å². The lowest BCUT2D eigenvalue weighted by atomic mass is 10.0. The first-order valence-electron chi connectivity index (χ1n) is 8.78. The van der Waals surface area contributed by atoms with Gasteiger partial charge in [0.1, 0.15) is 0 Å². The third kappa shape index (κ3) is 3.14. The zero-order valence-electron chi connectivity index (χ0n) is 14.3. The van der Waals surface area contributed by atoms with Gasteiger partial charge in [-0.3, -0.25) is 4.79 Å². The summed E-state index contributed by atoms with van der Waals surface area (Å²) in [5.41, 5.74) is 0.995. The number of benzene rings is 1. The molecule has 0 spiro atoms. The molecule has 138 valence electrons. The second kappa shape index (κ2) is 6.85. The van der Waals surface area contributed by atoms with Crippen molar-refractivity contribution in [1.29, 1.82) is 0 Å². The van der Waals surface area contributed by atoms with Gasteiger partial charge in [0.2, 0.25) is 15.8 Å². The zero-order chi connectivity index (χ0) is 18.1. The number of likely N-dealkylation sites (tertiary alicyclic amines) is 1. The molecule has 7 nitrogen and oxygen atoms in total. The van der Waals surface area contributed by atoms with E-state index in [1.165, 1.54) is 12.3 Å². The van der Waals surface area contributed by atoms with Crippen molar-refractivity contribution in [2.45, 2.75) is 24.6 Å². The largest absolute Gasteiger partial charge is 0.351 e. The van der Waals surface area contributed by atoms with Crippen LogP contribution < -0.4 is 0 Å². The summed E-state index contributed by atoms with van der Waals surface area (Å²) in [5.74, 6) is 0.0304. The van der Waals surface area contributed by atoms with Gasteiger partial charge >= 0.3 is 0 Å². The molecule has 4 rings (SSSR count). The number of sulfonamides is 1. The lowest BCUT2D eigenvalue weighted by molar-refractivity contribution is 0.0717. The molecule has 2 saturated heterocycles. The molecule has 0 bridgehead atoms. The number of hydrogen-bond acceptors (Lipinski definition) is 5. The minimum Gasteiger partial charge on any atom is -0.351 e. The topological polar surface area (TPSA) is 83.7 Å². The van der Waals surface area contributed by atoms with Gasteiger partial charge in [-0.05, 0) is 24.3 Å². The molecule has 2 aromatic rings. The van der Waals surface area contributed by atoms with Crippen LogP contribution in [0.15, 0.2) is 47.1 Å². The van der Waals surface area contributed by atoms with E-state index in [9.17, 15) is 13.2 Å². The molecule has 2 aliphatic heterocycles. The Labute approximate surface area is 152 Å². The quantitative estimate of drug-likeness (QED) is 0.816. The maximum atomic E-state index is 13.0. The van der Waals surface area contributed by atoms with Crippen LogP contribution in [0.25, 0.3) is 0 Å². The van der Waals surface area contributed by atoms with Gasteiger partial charge in [0.15, 0.2) is 0 Å². The lowest BCUT2D eigenvalue weighted by Gasteiger charge is -2.21. The molecule has 8 heteroatoms. The average Bonchev–Trinajstić information content (AvgIpc) is 3.18. The predicted molar refractivity (Wildman–Crippen MR) is 94.7 cm³/mol. The first kappa shape index (κ1) is 17.2. The van der Waals surface area contributed by atoms with E-state index in [-0.39, 0.29) is 17.6 Å². The summed E-state index contributed by atoms with van der Waals surface area (Å²) in [6.45, 7) is 1.89. The number of rotatable bonds is 3. The van der Waals surface area contributed by atoms with E-state index in [0.717, 1.165) is 5.56 Å². The fourth-order valence-electron chi connectivity index (χ4n) is 3.92. The van der Waals surface area contributed by atoms with E-state index < -0.39 is 15.3 Å². The second-order valence-corrected chi connectivity index (χ2v) is 9.02. The van der Waals surface area contributed by atoms with Crippen molar-refractivity contribution < 1.29 is 17.7 Å². The van der Waals surface area contributed by atoms with Crippen LogP contribution in [0.5, 0.6) is 0 Å². The molecule has 0 N–H and O–H groups in total. The number of fused-ring (bicyclic) bond motifs is 1. The maximum absolute atomic E-state index is 13.0. The molecular formula is C18H21N3O4S. The van der Waals surface area contributed by atoms with Crippen molar-refractivity contribution in [1.82, 2.24) is 14.4 Å². The van der Waals surface area contributed by atoms with Gasteiger partial charge in [0, 0.05) is 32.2 Å². The molecular weight excluding hydrogens is 354 g/mol. The summed E-state index contributed by atoms with van der Waals surface area (Å²) in [6, 6.07) is 11.2. The van der Waals surface area contributed by atoms with E-state index in [1.54, 1.807) is 9.21 Å². The molecule has 0 saturated carbocycles. The molecule has 1 amide bonds. The Bertz CT molecular complexity index is 867. The summed E-state index contributed by atoms with van der Waals surface area (Å²) in [5, 5.41) is 3.15. The molecule has 0 unspecified atom stereocenters. The minimum absolute atomic E-state index is 0.0521. The Hall–Kier alpha value is -2.19. The Morgan fingerprint density at radius 1 is 1.15 bits per heavy atom. The SMILES string of the molecule is O=C(c1ccno1)N1CC[C@H]2CN(Cc3ccccc3)S(=O)(=O)[C@@H]2CC1. The first-order valence-corrected chi connectivity index (χ1v) is 10.3. The van der Waals surface area contributed by atoms with Gasteiger partial charge in [-0.1, -0.05) is 35.5 Å². The average molecular weight is 375 g/mol. The number of nitrogens with zero attached hydrogens (tertiary/aromatic N) is 3. The number of carbonyl (C=O) groups excluding carboxylic acids is 1. The highest BCUT2D eigenvalue weighted by atomic mass is 32.2. The van der Waals surface area contributed by atoms with Gasteiger partial charge in [-0.15, -0.1) is 0 Å². The van der Waals surface area contributed by atoms with Crippen LogP contribution in [-0.4, -0.2) is 53.6 Å². The van der Waals surface area contributed by atoms with Crippen LogP contribution in [-0.2, 0) is 16.6 Å². The van der Waals surface area contributed by atoms with Crippen molar-refractivity contribution in [2.24, 2.45) is 5.92 Å². The zero-order valence-corrected chi connectivity index (χ0v) is 15.1. The lowest BCUT2D eigenvalue weighted by Crippen LogP contribution is -2.34. The summed E-state index contributed by atoms with van der Waals surface area (Å²) < 4.78 is 32.5. The normalized spacial score (nSPS) is 25.6. The van der Waals surface area contributed by atoms with Crippen LogP contribution in [0.4, 0.5) is 0 Å². The predicted octanol–water partition coefficient (Wildman–Crippen LogP) is 1.74. The fraction of sp³-hybridized carbons (Fsp3) is 0.444. The van der Waals surface area contributed by atoms with Gasteiger partial charge in [-0.2, -0.15) is 4.31 Å². The van der Waals surface area contributed by atoms with Crippen molar-refractivity contribution in [3.05, 3.63) is 53.9 Å². The van der Waals surface area contributed by atoms with E-state index in [1.807, 2.05) is 30.3 Å². The maximum Gasteiger partial charge on any atom is 0.292 e. The molecule has 3 heterocycles. The summed E-state index contributed by atoms with van der Waals surface area (Å²) in [4.78, 5) is 14.1. The molecule has 2 atom stereocenters. The third-order valence-electron chi connectivity index (χ3n) is 5.30. The van der Waals surface area contributed by atoms with Gasteiger partial charge < -0.3 is 9.42 Å². The molecule has 0 aliphatic carbocycles.